The number of nitrogens with zero attached hydrogens (tertiary/aromatic N) is 2. The molecule has 1 aliphatic rings. The van der Waals surface area contributed by atoms with Crippen molar-refractivity contribution < 1.29 is 24.5 Å². The normalized spacial score (nSPS) is 17.7. The molecule has 2 aromatic carbocycles. The van der Waals surface area contributed by atoms with Crippen LogP contribution in [0.1, 0.15) is 17.2 Å². The summed E-state index contributed by atoms with van der Waals surface area (Å²) in [5.74, 6) is -1.91. The van der Waals surface area contributed by atoms with Crippen LogP contribution in [0.25, 0.3) is 5.76 Å². The Bertz CT molecular complexity index is 1190. The van der Waals surface area contributed by atoms with Crippen molar-refractivity contribution in [2.75, 3.05) is 12.0 Å². The molecule has 0 aliphatic carbocycles. The van der Waals surface area contributed by atoms with Crippen LogP contribution in [0.3, 0.4) is 0 Å². The number of aromatic nitrogens is 1. The van der Waals surface area contributed by atoms with E-state index in [0.29, 0.717) is 21.8 Å². The third kappa shape index (κ3) is 3.60. The first-order chi connectivity index (χ1) is 14.9. The summed E-state index contributed by atoms with van der Waals surface area (Å²) in [4.78, 5) is 31.4. The second-order valence-corrected chi connectivity index (χ2v) is 7.25. The zero-order valence-corrected chi connectivity index (χ0v) is 17.1. The van der Waals surface area contributed by atoms with Gasteiger partial charge in [0.1, 0.15) is 5.76 Å². The number of aliphatic hydroxyl groups excluding tert-OH is 1. The van der Waals surface area contributed by atoms with Gasteiger partial charge < -0.3 is 14.9 Å². The summed E-state index contributed by atoms with van der Waals surface area (Å²) in [6.45, 7) is 0. The van der Waals surface area contributed by atoms with E-state index in [9.17, 15) is 19.8 Å². The van der Waals surface area contributed by atoms with E-state index in [-0.39, 0.29) is 22.8 Å². The maximum absolute atomic E-state index is 13.0. The van der Waals surface area contributed by atoms with Crippen LogP contribution in [0.15, 0.2) is 72.6 Å². The van der Waals surface area contributed by atoms with E-state index in [4.69, 9.17) is 16.3 Å². The number of phenolic OH excluding ortho intramolecular Hbond substituents is 1. The molecule has 156 valence electrons. The van der Waals surface area contributed by atoms with Crippen LogP contribution in [0.2, 0.25) is 5.02 Å². The lowest BCUT2D eigenvalue weighted by Crippen LogP contribution is -2.29. The summed E-state index contributed by atoms with van der Waals surface area (Å²) in [7, 11) is 1.39. The van der Waals surface area contributed by atoms with Gasteiger partial charge in [0.15, 0.2) is 11.5 Å². The number of methoxy groups -OCH3 is 1. The number of ether oxygens (including phenoxy) is 1. The summed E-state index contributed by atoms with van der Waals surface area (Å²) < 4.78 is 5.19. The van der Waals surface area contributed by atoms with Crippen molar-refractivity contribution in [1.29, 1.82) is 0 Å². The van der Waals surface area contributed by atoms with E-state index < -0.39 is 17.7 Å². The molecule has 1 saturated heterocycles. The molecule has 2 N–H and O–H groups in total. The molecule has 1 amide bonds. The van der Waals surface area contributed by atoms with Crippen LogP contribution < -0.4 is 9.64 Å². The first-order valence-electron chi connectivity index (χ1n) is 9.26. The van der Waals surface area contributed by atoms with Gasteiger partial charge in [-0.15, -0.1) is 0 Å². The van der Waals surface area contributed by atoms with Crippen LogP contribution in [-0.2, 0) is 9.59 Å². The number of carbonyl (C=O) groups is 2. The number of pyridine rings is 1. The minimum Gasteiger partial charge on any atom is -0.507 e. The summed E-state index contributed by atoms with van der Waals surface area (Å²) in [5.41, 5.74) is 1.10. The van der Waals surface area contributed by atoms with Gasteiger partial charge in [-0.25, -0.2) is 0 Å². The first-order valence-corrected chi connectivity index (χ1v) is 9.64. The topological polar surface area (TPSA) is 100.0 Å². The van der Waals surface area contributed by atoms with Crippen LogP contribution in [0.4, 0.5) is 5.69 Å². The van der Waals surface area contributed by atoms with Gasteiger partial charge in [-0.2, -0.15) is 0 Å². The quantitative estimate of drug-likeness (QED) is 0.363. The second kappa shape index (κ2) is 8.12. The minimum atomic E-state index is -0.964. The molecule has 7 nitrogen and oxygen atoms in total. The summed E-state index contributed by atoms with van der Waals surface area (Å²) in [6.07, 6.45) is 3.00. The van der Waals surface area contributed by atoms with Crippen molar-refractivity contribution in [2.45, 2.75) is 6.04 Å². The molecule has 1 fully saturated rings. The third-order valence-electron chi connectivity index (χ3n) is 5.01. The second-order valence-electron chi connectivity index (χ2n) is 6.82. The number of aromatic hydroxyl groups is 1. The van der Waals surface area contributed by atoms with Crippen molar-refractivity contribution in [3.8, 4) is 11.5 Å². The van der Waals surface area contributed by atoms with Crippen LogP contribution in [0, 0.1) is 0 Å². The molecular weight excluding hydrogens is 420 g/mol. The number of rotatable bonds is 4. The van der Waals surface area contributed by atoms with Gasteiger partial charge in [0.05, 0.1) is 30.6 Å². The Morgan fingerprint density at radius 1 is 1.13 bits per heavy atom. The van der Waals surface area contributed by atoms with Crippen molar-refractivity contribution in [1.82, 2.24) is 4.98 Å². The highest BCUT2D eigenvalue weighted by Gasteiger charge is 2.47. The minimum absolute atomic E-state index is 0.0936. The van der Waals surface area contributed by atoms with E-state index in [1.54, 1.807) is 48.7 Å². The van der Waals surface area contributed by atoms with Crippen molar-refractivity contribution in [3.05, 3.63) is 88.7 Å². The number of anilines is 1. The molecule has 0 bridgehead atoms. The standard InChI is InChI=1S/C23H17ClN2O5/c1-31-18-11-14(6-9-17(18)27)20-19(21(28)13-4-7-15(24)8-5-13)22(29)23(30)26(20)16-3-2-10-25-12-16/h2-12,20,27-28H,1H3/t20-/m1/s1. The van der Waals surface area contributed by atoms with E-state index in [1.165, 1.54) is 30.3 Å². The maximum atomic E-state index is 13.0. The molecule has 8 heteroatoms. The number of aliphatic hydroxyl groups is 1. The number of benzene rings is 2. The monoisotopic (exact) mass is 436 g/mol. The number of amides is 1. The van der Waals surface area contributed by atoms with Crippen molar-refractivity contribution >= 4 is 34.7 Å². The van der Waals surface area contributed by atoms with Crippen LogP contribution in [-0.4, -0.2) is 34.0 Å². The van der Waals surface area contributed by atoms with Gasteiger partial charge in [-0.3, -0.25) is 19.5 Å². The van der Waals surface area contributed by atoms with Gasteiger partial charge in [0.2, 0.25) is 0 Å². The highest BCUT2D eigenvalue weighted by atomic mass is 35.5. The number of carbonyl (C=O) groups excluding carboxylic acids is 2. The number of phenols is 1. The van der Waals surface area contributed by atoms with Gasteiger partial charge in [-0.05, 0) is 54.1 Å². The van der Waals surface area contributed by atoms with Crippen LogP contribution >= 0.6 is 11.6 Å². The molecule has 3 aromatic rings. The number of ketones is 1. The van der Waals surface area contributed by atoms with Crippen molar-refractivity contribution in [2.24, 2.45) is 0 Å². The summed E-state index contributed by atoms with van der Waals surface area (Å²) >= 11 is 5.93. The Kier molecular flexibility index (Phi) is 5.35. The lowest BCUT2D eigenvalue weighted by molar-refractivity contribution is -0.132. The molecular formula is C23H17ClN2O5. The zero-order chi connectivity index (χ0) is 22.1. The Balaban J connectivity index is 1.96. The van der Waals surface area contributed by atoms with Gasteiger partial charge in [0, 0.05) is 16.8 Å². The Labute approximate surface area is 182 Å². The van der Waals surface area contributed by atoms with E-state index in [2.05, 4.69) is 4.98 Å². The van der Waals surface area contributed by atoms with Gasteiger partial charge >= 0.3 is 0 Å². The molecule has 1 aliphatic heterocycles. The first kappa shape index (κ1) is 20.4. The average molecular weight is 437 g/mol. The molecule has 1 atom stereocenters. The Morgan fingerprint density at radius 3 is 2.52 bits per heavy atom. The Hall–Kier alpha value is -3.84. The molecule has 0 radical (unpaired) electrons. The van der Waals surface area contributed by atoms with E-state index in [0.717, 1.165) is 0 Å². The SMILES string of the molecule is COc1cc([C@@H]2C(=C(O)c3ccc(Cl)cc3)C(=O)C(=O)N2c2cccnc2)ccc1O. The van der Waals surface area contributed by atoms with Gasteiger partial charge in [0.25, 0.3) is 11.7 Å². The molecule has 2 heterocycles. The molecule has 0 saturated carbocycles. The predicted molar refractivity (Wildman–Crippen MR) is 115 cm³/mol. The average Bonchev–Trinajstić information content (AvgIpc) is 3.05. The van der Waals surface area contributed by atoms with E-state index >= 15 is 0 Å². The van der Waals surface area contributed by atoms with Gasteiger partial charge in [-0.1, -0.05) is 17.7 Å². The zero-order valence-electron chi connectivity index (χ0n) is 16.3. The number of Topliss-reactive ketones (excluding diaryl/α,β-unsaturated/α-hetero) is 1. The fourth-order valence-corrected chi connectivity index (χ4v) is 3.66. The molecule has 4 rings (SSSR count). The molecule has 0 unspecified atom stereocenters. The number of hydrogen-bond donors (Lipinski definition) is 2. The number of hydrogen-bond acceptors (Lipinski definition) is 6. The fourth-order valence-electron chi connectivity index (χ4n) is 3.54. The number of halogens is 1. The maximum Gasteiger partial charge on any atom is 0.300 e. The van der Waals surface area contributed by atoms with E-state index in [1.807, 2.05) is 0 Å². The predicted octanol–water partition coefficient (Wildman–Crippen LogP) is 4.08. The smallest absolute Gasteiger partial charge is 0.300 e. The van der Waals surface area contributed by atoms with Crippen molar-refractivity contribution in [3.63, 3.8) is 0 Å². The summed E-state index contributed by atoms with van der Waals surface area (Å²) in [5, 5.41) is 21.5. The molecule has 0 spiro atoms. The lowest BCUT2D eigenvalue weighted by Gasteiger charge is -2.25. The Morgan fingerprint density at radius 2 is 1.87 bits per heavy atom. The highest BCUT2D eigenvalue weighted by Crippen LogP contribution is 2.43. The third-order valence-corrected chi connectivity index (χ3v) is 5.26. The molecule has 31 heavy (non-hydrogen) atoms. The molecule has 1 aromatic heterocycles. The largest absolute Gasteiger partial charge is 0.507 e. The fraction of sp³-hybridized carbons (Fsp3) is 0.0870. The highest BCUT2D eigenvalue weighted by molar-refractivity contribution is 6.51. The lowest BCUT2D eigenvalue weighted by atomic mass is 9.95. The summed E-state index contributed by atoms with van der Waals surface area (Å²) in [6, 6.07) is 13.1. The van der Waals surface area contributed by atoms with Crippen LogP contribution in [0.5, 0.6) is 11.5 Å².